The fraction of sp³-hybridized carbons (Fsp3) is 0.300. The van der Waals surface area contributed by atoms with Crippen LogP contribution in [0.15, 0.2) is 54.6 Å². The van der Waals surface area contributed by atoms with Crippen molar-refractivity contribution in [3.05, 3.63) is 66.0 Å². The van der Waals surface area contributed by atoms with E-state index in [9.17, 15) is 4.39 Å². The molecule has 24 heavy (non-hydrogen) atoms. The summed E-state index contributed by atoms with van der Waals surface area (Å²) in [4.78, 5) is 2.39. The summed E-state index contributed by atoms with van der Waals surface area (Å²) >= 11 is 0. The minimum atomic E-state index is -0.265. The molecule has 1 fully saturated rings. The summed E-state index contributed by atoms with van der Waals surface area (Å²) in [7, 11) is 0. The maximum atomic E-state index is 12.9. The highest BCUT2D eigenvalue weighted by molar-refractivity contribution is 5.64. The topological polar surface area (TPSA) is 21.7 Å². The number of halogens is 1. The molecule has 0 amide bonds. The molecule has 1 saturated heterocycles. The van der Waals surface area contributed by atoms with Crippen molar-refractivity contribution in [2.24, 2.45) is 0 Å². The fourth-order valence-electron chi connectivity index (χ4n) is 2.59. The summed E-state index contributed by atoms with van der Waals surface area (Å²) in [5.41, 5.74) is 2.42. The highest BCUT2D eigenvalue weighted by Gasteiger charge is 2.08. The zero-order valence-corrected chi connectivity index (χ0v) is 13.9. The Kier molecular flexibility index (Phi) is 5.62. The molecule has 1 aliphatic rings. The number of rotatable bonds is 5. The maximum Gasteiger partial charge on any atom is 0.127 e. The Labute approximate surface area is 142 Å². The van der Waals surface area contributed by atoms with Gasteiger partial charge in [0.1, 0.15) is 17.3 Å². The molecule has 0 aromatic heterocycles. The van der Waals surface area contributed by atoms with Crippen molar-refractivity contribution in [2.45, 2.75) is 6.92 Å². The van der Waals surface area contributed by atoms with E-state index < -0.39 is 0 Å². The quantitative estimate of drug-likeness (QED) is 0.815. The molecule has 2 aromatic rings. The van der Waals surface area contributed by atoms with Gasteiger partial charge in [-0.25, -0.2) is 4.39 Å². The smallest absolute Gasteiger partial charge is 0.127 e. The first-order valence-corrected chi connectivity index (χ1v) is 8.21. The van der Waals surface area contributed by atoms with E-state index in [0.29, 0.717) is 5.75 Å². The van der Waals surface area contributed by atoms with Crippen LogP contribution in [0, 0.1) is 5.82 Å². The van der Waals surface area contributed by atoms with E-state index in [-0.39, 0.29) is 5.82 Å². The molecule has 0 saturated carbocycles. The molecule has 0 N–H and O–H groups in total. The molecule has 0 radical (unpaired) electrons. The summed E-state index contributed by atoms with van der Waals surface area (Å²) in [6.45, 7) is 6.70. The molecule has 1 aliphatic heterocycles. The van der Waals surface area contributed by atoms with Gasteiger partial charge in [0.25, 0.3) is 0 Å². The Hall–Kier alpha value is -2.17. The van der Waals surface area contributed by atoms with Crippen LogP contribution in [0.4, 0.5) is 4.39 Å². The molecule has 3 nitrogen and oxygen atoms in total. The summed E-state index contributed by atoms with van der Waals surface area (Å²) in [5, 5.41) is 0. The maximum absolute atomic E-state index is 12.9. The van der Waals surface area contributed by atoms with Crippen molar-refractivity contribution in [1.82, 2.24) is 4.90 Å². The molecule has 1 heterocycles. The molecule has 126 valence electrons. The van der Waals surface area contributed by atoms with Crippen LogP contribution in [-0.4, -0.2) is 37.7 Å². The first-order chi connectivity index (χ1) is 11.7. The normalized spacial score (nSPS) is 16.2. The number of hydrogen-bond acceptors (Lipinski definition) is 3. The van der Waals surface area contributed by atoms with Gasteiger partial charge in [-0.05, 0) is 54.5 Å². The van der Waals surface area contributed by atoms with Crippen LogP contribution in [0.3, 0.4) is 0 Å². The predicted octanol–water partition coefficient (Wildman–Crippen LogP) is 4.35. The van der Waals surface area contributed by atoms with Gasteiger partial charge < -0.3 is 9.47 Å². The lowest BCUT2D eigenvalue weighted by Crippen LogP contribution is -2.36. The Morgan fingerprint density at radius 1 is 1.04 bits per heavy atom. The summed E-state index contributed by atoms with van der Waals surface area (Å²) in [6.07, 6.45) is 2.25. The lowest BCUT2D eigenvalue weighted by Gasteiger charge is -2.25. The second-order valence-corrected chi connectivity index (χ2v) is 5.88. The molecule has 0 atom stereocenters. The highest BCUT2D eigenvalue weighted by Crippen LogP contribution is 2.24. The standard InChI is InChI=1S/C20H22FNO2/c1-16(10-11-22-12-14-23-15-13-22)17-2-6-19(7-3-17)24-20-8-4-18(21)5-9-20/h2-10H,11-15H2,1H3. The molecule has 0 spiro atoms. The Morgan fingerprint density at radius 3 is 2.25 bits per heavy atom. The first kappa shape index (κ1) is 16.7. The van der Waals surface area contributed by atoms with Crippen LogP contribution < -0.4 is 4.74 Å². The Balaban J connectivity index is 1.59. The molecular formula is C20H22FNO2. The van der Waals surface area contributed by atoms with E-state index in [0.717, 1.165) is 38.6 Å². The van der Waals surface area contributed by atoms with Crippen LogP contribution in [0.5, 0.6) is 11.5 Å². The molecular weight excluding hydrogens is 305 g/mol. The number of hydrogen-bond donors (Lipinski definition) is 0. The van der Waals surface area contributed by atoms with Gasteiger partial charge in [0.2, 0.25) is 0 Å². The van der Waals surface area contributed by atoms with Crippen LogP contribution in [0.2, 0.25) is 0 Å². The highest BCUT2D eigenvalue weighted by atomic mass is 19.1. The minimum Gasteiger partial charge on any atom is -0.457 e. The van der Waals surface area contributed by atoms with Crippen LogP contribution in [-0.2, 0) is 4.74 Å². The van der Waals surface area contributed by atoms with Gasteiger partial charge in [-0.15, -0.1) is 0 Å². The summed E-state index contributed by atoms with van der Waals surface area (Å²) < 4.78 is 24.0. The summed E-state index contributed by atoms with van der Waals surface area (Å²) in [5.74, 6) is 1.11. The number of ether oxygens (including phenoxy) is 2. The monoisotopic (exact) mass is 327 g/mol. The van der Waals surface area contributed by atoms with Gasteiger partial charge in [-0.2, -0.15) is 0 Å². The van der Waals surface area contributed by atoms with Crippen molar-refractivity contribution < 1.29 is 13.9 Å². The number of allylic oxidation sites excluding steroid dienone is 1. The van der Waals surface area contributed by atoms with Gasteiger partial charge in [0.15, 0.2) is 0 Å². The van der Waals surface area contributed by atoms with Crippen molar-refractivity contribution in [2.75, 3.05) is 32.8 Å². The number of morpholine rings is 1. The van der Waals surface area contributed by atoms with E-state index in [1.807, 2.05) is 24.3 Å². The average Bonchev–Trinajstić information content (AvgIpc) is 2.63. The summed E-state index contributed by atoms with van der Waals surface area (Å²) in [6, 6.07) is 14.0. The van der Waals surface area contributed by atoms with Crippen LogP contribution >= 0.6 is 0 Å². The first-order valence-electron chi connectivity index (χ1n) is 8.21. The van der Waals surface area contributed by atoms with Gasteiger partial charge >= 0.3 is 0 Å². The predicted molar refractivity (Wildman–Crippen MR) is 93.8 cm³/mol. The molecule has 2 aromatic carbocycles. The van der Waals surface area contributed by atoms with E-state index in [1.54, 1.807) is 12.1 Å². The third-order valence-corrected chi connectivity index (χ3v) is 4.12. The lowest BCUT2D eigenvalue weighted by atomic mass is 10.1. The Bertz CT molecular complexity index is 674. The van der Waals surface area contributed by atoms with Crippen molar-refractivity contribution >= 4 is 5.57 Å². The minimum absolute atomic E-state index is 0.265. The van der Waals surface area contributed by atoms with E-state index in [4.69, 9.17) is 9.47 Å². The fourth-order valence-corrected chi connectivity index (χ4v) is 2.59. The van der Waals surface area contributed by atoms with E-state index in [2.05, 4.69) is 17.9 Å². The molecule has 0 bridgehead atoms. The average molecular weight is 327 g/mol. The Morgan fingerprint density at radius 2 is 1.62 bits per heavy atom. The molecule has 3 rings (SSSR count). The number of benzene rings is 2. The van der Waals surface area contributed by atoms with Crippen LogP contribution in [0.25, 0.3) is 5.57 Å². The zero-order valence-electron chi connectivity index (χ0n) is 13.9. The van der Waals surface area contributed by atoms with Crippen molar-refractivity contribution in [3.8, 4) is 11.5 Å². The second kappa shape index (κ2) is 8.08. The van der Waals surface area contributed by atoms with Gasteiger partial charge in [0.05, 0.1) is 13.2 Å². The molecule has 0 unspecified atom stereocenters. The SMILES string of the molecule is CC(=CCN1CCOCC1)c1ccc(Oc2ccc(F)cc2)cc1. The van der Waals surface area contributed by atoms with Gasteiger partial charge in [-0.3, -0.25) is 4.90 Å². The zero-order chi connectivity index (χ0) is 16.8. The van der Waals surface area contributed by atoms with E-state index >= 15 is 0 Å². The van der Waals surface area contributed by atoms with Crippen LogP contribution in [0.1, 0.15) is 12.5 Å². The van der Waals surface area contributed by atoms with E-state index in [1.165, 1.54) is 23.3 Å². The van der Waals surface area contributed by atoms with Crippen molar-refractivity contribution in [1.29, 1.82) is 0 Å². The largest absolute Gasteiger partial charge is 0.457 e. The lowest BCUT2D eigenvalue weighted by molar-refractivity contribution is 0.0435. The van der Waals surface area contributed by atoms with Gasteiger partial charge in [-0.1, -0.05) is 18.2 Å². The number of nitrogens with zero attached hydrogens (tertiary/aromatic N) is 1. The molecule has 0 aliphatic carbocycles. The third kappa shape index (κ3) is 4.66. The van der Waals surface area contributed by atoms with Crippen molar-refractivity contribution in [3.63, 3.8) is 0 Å². The van der Waals surface area contributed by atoms with Gasteiger partial charge in [0, 0.05) is 19.6 Å². The third-order valence-electron chi connectivity index (χ3n) is 4.12. The second-order valence-electron chi connectivity index (χ2n) is 5.88. The molecule has 4 heteroatoms.